The van der Waals surface area contributed by atoms with Crippen molar-refractivity contribution in [2.75, 3.05) is 33.8 Å². The van der Waals surface area contributed by atoms with Crippen LogP contribution in [0, 0.1) is 30.3 Å². The molecule has 10 heteroatoms. The van der Waals surface area contributed by atoms with Gasteiger partial charge in [0.1, 0.15) is 17.5 Å². The predicted octanol–water partition coefficient (Wildman–Crippen LogP) is 5.67. The van der Waals surface area contributed by atoms with Crippen LogP contribution in [0.2, 0.25) is 0 Å². The van der Waals surface area contributed by atoms with Gasteiger partial charge in [0.25, 0.3) is 5.91 Å². The molecule has 230 valence electrons. The van der Waals surface area contributed by atoms with Gasteiger partial charge >= 0.3 is 6.09 Å². The number of methoxy groups -OCH3 is 1. The number of likely N-dealkylation sites (tertiary alicyclic amines) is 1. The number of hydrogen-bond donors (Lipinski definition) is 3. The van der Waals surface area contributed by atoms with E-state index >= 15 is 4.39 Å². The minimum atomic E-state index is -1.68. The molecule has 1 aliphatic rings. The highest BCUT2D eigenvalue weighted by molar-refractivity contribution is 5.94. The second-order valence-electron chi connectivity index (χ2n) is 11.1. The minimum absolute atomic E-state index is 0.0620. The number of amides is 2. The van der Waals surface area contributed by atoms with Gasteiger partial charge in [-0.05, 0) is 92.2 Å². The fourth-order valence-electron chi connectivity index (χ4n) is 6.01. The van der Waals surface area contributed by atoms with E-state index in [1.807, 2.05) is 0 Å². The summed E-state index contributed by atoms with van der Waals surface area (Å²) in [6, 6.07) is 13.1. The summed E-state index contributed by atoms with van der Waals surface area (Å²) < 4.78 is 49.7. The topological polar surface area (TPSA) is 90.9 Å². The van der Waals surface area contributed by atoms with Crippen LogP contribution in [0.1, 0.15) is 52.7 Å². The van der Waals surface area contributed by atoms with E-state index in [9.17, 15) is 23.5 Å². The zero-order valence-electron chi connectivity index (χ0n) is 24.7. The number of alkyl carbamates (subject to hydrolysis) is 1. The number of rotatable bonds is 10. The second-order valence-corrected chi connectivity index (χ2v) is 11.1. The SMILES string of the molecule is CNCc1ccc(C(=O)N2CCCC(C(O)(CCCNC(=O)OC)c3cccc(F)c3-c3cc(C)cc(F)c3)C2)c(F)c1. The Morgan fingerprint density at radius 3 is 2.58 bits per heavy atom. The van der Waals surface area contributed by atoms with Crippen molar-refractivity contribution in [2.45, 2.75) is 44.8 Å². The summed E-state index contributed by atoms with van der Waals surface area (Å²) in [7, 11) is 2.99. The number of carbonyl (C=O) groups excluding carboxylic acids is 2. The molecule has 2 unspecified atom stereocenters. The Balaban J connectivity index is 1.71. The Morgan fingerprint density at radius 1 is 1.09 bits per heavy atom. The first-order valence-corrected chi connectivity index (χ1v) is 14.4. The summed E-state index contributed by atoms with van der Waals surface area (Å²) in [5.41, 5.74) is 0.170. The highest BCUT2D eigenvalue weighted by Gasteiger charge is 2.43. The number of piperidine rings is 1. The van der Waals surface area contributed by atoms with Crippen molar-refractivity contribution in [3.8, 4) is 11.1 Å². The van der Waals surface area contributed by atoms with Gasteiger partial charge in [-0.3, -0.25) is 4.79 Å². The molecule has 1 heterocycles. The number of carbonyl (C=O) groups is 2. The molecular weight excluding hydrogens is 559 g/mol. The molecule has 3 aromatic rings. The molecular formula is C33H38F3N3O4. The molecule has 0 saturated carbocycles. The normalized spacial score (nSPS) is 16.4. The number of hydrogen-bond acceptors (Lipinski definition) is 5. The smallest absolute Gasteiger partial charge is 0.406 e. The van der Waals surface area contributed by atoms with Crippen molar-refractivity contribution in [1.29, 1.82) is 0 Å². The zero-order valence-corrected chi connectivity index (χ0v) is 24.7. The Labute approximate surface area is 250 Å². The third-order valence-corrected chi connectivity index (χ3v) is 8.03. The molecule has 1 fully saturated rings. The number of ether oxygens (including phenoxy) is 1. The Bertz CT molecular complexity index is 1450. The highest BCUT2D eigenvalue weighted by Crippen LogP contribution is 2.44. The number of nitrogens with zero attached hydrogens (tertiary/aromatic N) is 1. The van der Waals surface area contributed by atoms with Gasteiger partial charge in [0.05, 0.1) is 18.3 Å². The van der Waals surface area contributed by atoms with Crippen LogP contribution in [0.25, 0.3) is 11.1 Å². The lowest BCUT2D eigenvalue weighted by Crippen LogP contribution is -2.48. The number of halogens is 3. The lowest BCUT2D eigenvalue weighted by Gasteiger charge is -2.43. The standard InChI is InChI=1S/C33H38F3N3O4/c1-21-15-23(18-25(34)16-21)30-27(8-4-9-28(30)35)33(42,12-6-13-38-32(41)43-3)24-7-5-14-39(20-24)31(40)26-11-10-22(19-37-2)17-29(26)36/h4,8-11,15-18,24,37,42H,5-7,12-14,19-20H2,1-3H3,(H,38,41). The van der Waals surface area contributed by atoms with Gasteiger partial charge in [0.2, 0.25) is 0 Å². The molecule has 1 saturated heterocycles. The van der Waals surface area contributed by atoms with Crippen molar-refractivity contribution in [1.82, 2.24) is 15.5 Å². The van der Waals surface area contributed by atoms with Gasteiger partial charge in [-0.15, -0.1) is 0 Å². The van der Waals surface area contributed by atoms with Crippen molar-refractivity contribution in [3.63, 3.8) is 0 Å². The fourth-order valence-corrected chi connectivity index (χ4v) is 6.01. The van der Waals surface area contributed by atoms with Gasteiger partial charge in [-0.1, -0.05) is 24.3 Å². The van der Waals surface area contributed by atoms with Crippen molar-refractivity contribution < 1.29 is 32.6 Å². The van der Waals surface area contributed by atoms with E-state index in [0.29, 0.717) is 43.5 Å². The summed E-state index contributed by atoms with van der Waals surface area (Å²) in [6.45, 7) is 2.79. The second kappa shape index (κ2) is 14.1. The van der Waals surface area contributed by atoms with E-state index in [2.05, 4.69) is 15.4 Å². The molecule has 4 rings (SSSR count). The minimum Gasteiger partial charge on any atom is -0.453 e. The summed E-state index contributed by atoms with van der Waals surface area (Å²) in [5.74, 6) is -2.84. The number of aliphatic hydroxyl groups is 1. The molecule has 0 aliphatic carbocycles. The average molecular weight is 598 g/mol. The average Bonchev–Trinajstić information content (AvgIpc) is 2.98. The van der Waals surface area contributed by atoms with Crippen LogP contribution in [-0.2, 0) is 16.9 Å². The van der Waals surface area contributed by atoms with Crippen LogP contribution in [0.5, 0.6) is 0 Å². The zero-order chi connectivity index (χ0) is 31.1. The first kappa shape index (κ1) is 32.0. The largest absolute Gasteiger partial charge is 0.453 e. The number of benzene rings is 3. The van der Waals surface area contributed by atoms with Gasteiger partial charge in [0, 0.05) is 37.7 Å². The molecule has 3 N–H and O–H groups in total. The van der Waals surface area contributed by atoms with Crippen LogP contribution < -0.4 is 10.6 Å². The van der Waals surface area contributed by atoms with E-state index in [1.165, 1.54) is 48.4 Å². The van der Waals surface area contributed by atoms with E-state index in [0.717, 1.165) is 0 Å². The maximum atomic E-state index is 15.6. The predicted molar refractivity (Wildman–Crippen MR) is 158 cm³/mol. The van der Waals surface area contributed by atoms with Crippen LogP contribution >= 0.6 is 0 Å². The van der Waals surface area contributed by atoms with Gasteiger partial charge in [-0.2, -0.15) is 0 Å². The fraction of sp³-hybridized carbons (Fsp3) is 0.394. The number of aryl methyl sites for hydroxylation is 1. The van der Waals surface area contributed by atoms with Gasteiger partial charge in [-0.25, -0.2) is 18.0 Å². The molecule has 3 aromatic carbocycles. The molecule has 0 spiro atoms. The summed E-state index contributed by atoms with van der Waals surface area (Å²) in [4.78, 5) is 26.7. The van der Waals surface area contributed by atoms with Crippen molar-refractivity contribution >= 4 is 12.0 Å². The third kappa shape index (κ3) is 7.37. The molecule has 7 nitrogen and oxygen atoms in total. The Kier molecular flexibility index (Phi) is 10.5. The molecule has 2 amide bonds. The Hall–Kier alpha value is -3.89. The maximum Gasteiger partial charge on any atom is 0.406 e. The molecule has 0 aromatic heterocycles. The van der Waals surface area contributed by atoms with Crippen LogP contribution in [0.15, 0.2) is 54.6 Å². The van der Waals surface area contributed by atoms with E-state index < -0.39 is 41.0 Å². The molecule has 0 radical (unpaired) electrons. The quantitative estimate of drug-likeness (QED) is 0.262. The Morgan fingerprint density at radius 2 is 1.88 bits per heavy atom. The first-order valence-electron chi connectivity index (χ1n) is 14.4. The van der Waals surface area contributed by atoms with E-state index in [1.54, 1.807) is 32.2 Å². The number of nitrogens with one attached hydrogen (secondary N) is 2. The molecule has 1 aliphatic heterocycles. The van der Waals surface area contributed by atoms with E-state index in [4.69, 9.17) is 0 Å². The molecule has 2 atom stereocenters. The summed E-state index contributed by atoms with van der Waals surface area (Å²) in [6.07, 6.45) is 0.814. The van der Waals surface area contributed by atoms with Crippen LogP contribution in [0.3, 0.4) is 0 Å². The highest BCUT2D eigenvalue weighted by atomic mass is 19.1. The maximum absolute atomic E-state index is 15.6. The lowest BCUT2D eigenvalue weighted by atomic mass is 9.72. The van der Waals surface area contributed by atoms with Crippen LogP contribution in [0.4, 0.5) is 18.0 Å². The lowest BCUT2D eigenvalue weighted by molar-refractivity contribution is -0.0565. The van der Waals surface area contributed by atoms with E-state index in [-0.39, 0.29) is 41.8 Å². The van der Waals surface area contributed by atoms with Crippen molar-refractivity contribution in [3.05, 3.63) is 94.3 Å². The first-order chi connectivity index (χ1) is 20.6. The monoisotopic (exact) mass is 597 g/mol. The van der Waals surface area contributed by atoms with Gasteiger partial charge < -0.3 is 25.4 Å². The molecule has 43 heavy (non-hydrogen) atoms. The van der Waals surface area contributed by atoms with Crippen molar-refractivity contribution in [2.24, 2.45) is 5.92 Å². The third-order valence-electron chi connectivity index (χ3n) is 8.03. The molecule has 0 bridgehead atoms. The van der Waals surface area contributed by atoms with Crippen LogP contribution in [-0.4, -0.2) is 55.8 Å². The summed E-state index contributed by atoms with van der Waals surface area (Å²) >= 11 is 0. The van der Waals surface area contributed by atoms with Gasteiger partial charge in [0.15, 0.2) is 0 Å². The summed E-state index contributed by atoms with van der Waals surface area (Å²) in [5, 5.41) is 18.1.